The number of aromatic carboxylic acids is 1. The van der Waals surface area contributed by atoms with Crippen LogP contribution in [0, 0.1) is 0 Å². The van der Waals surface area contributed by atoms with Gasteiger partial charge >= 0.3 is 5.97 Å². The van der Waals surface area contributed by atoms with Gasteiger partial charge in [-0.25, -0.2) is 4.79 Å². The molecule has 18 heavy (non-hydrogen) atoms. The molecule has 1 rings (SSSR count). The van der Waals surface area contributed by atoms with Crippen molar-refractivity contribution in [2.45, 2.75) is 13.8 Å². The van der Waals surface area contributed by atoms with Gasteiger partial charge in [0.25, 0.3) is 5.91 Å². The second-order valence-electron chi connectivity index (χ2n) is 4.13. The molecular formula is C14H17NO3. The molecule has 0 saturated carbocycles. The zero-order valence-electron chi connectivity index (χ0n) is 10.6. The third-order valence-electron chi connectivity index (χ3n) is 2.52. The molecule has 0 aromatic heterocycles. The molecule has 0 heterocycles. The van der Waals surface area contributed by atoms with Crippen molar-refractivity contribution >= 4 is 11.9 Å². The normalized spacial score (nSPS) is 9.89. The van der Waals surface area contributed by atoms with Gasteiger partial charge in [-0.15, -0.1) is 0 Å². The Hall–Kier alpha value is -2.10. The first-order valence-corrected chi connectivity index (χ1v) is 5.73. The highest BCUT2D eigenvalue weighted by Crippen LogP contribution is 2.12. The summed E-state index contributed by atoms with van der Waals surface area (Å²) < 4.78 is 0. The van der Waals surface area contributed by atoms with Gasteiger partial charge in [-0.1, -0.05) is 24.3 Å². The molecule has 0 bridgehead atoms. The molecule has 4 heteroatoms. The summed E-state index contributed by atoms with van der Waals surface area (Å²) in [5.41, 5.74) is 1.11. The second kappa shape index (κ2) is 6.00. The van der Waals surface area contributed by atoms with Crippen molar-refractivity contribution in [2.24, 2.45) is 0 Å². The van der Waals surface area contributed by atoms with E-state index in [-0.39, 0.29) is 17.0 Å². The molecule has 96 valence electrons. The number of carboxylic acids is 1. The van der Waals surface area contributed by atoms with Crippen LogP contribution in [0.2, 0.25) is 0 Å². The van der Waals surface area contributed by atoms with Gasteiger partial charge in [0.1, 0.15) is 0 Å². The van der Waals surface area contributed by atoms with Crippen molar-refractivity contribution in [3.05, 3.63) is 47.5 Å². The number of carbonyl (C=O) groups is 2. The standard InChI is InChI=1S/C14H17NO3/c1-4-15(9-10(2)3)13(16)11-7-5-6-8-12(11)14(17)18/h5-8H,2,4,9H2,1,3H3,(H,17,18). The van der Waals surface area contributed by atoms with E-state index in [1.54, 1.807) is 17.0 Å². The molecule has 0 radical (unpaired) electrons. The van der Waals surface area contributed by atoms with Gasteiger partial charge < -0.3 is 10.0 Å². The highest BCUT2D eigenvalue weighted by atomic mass is 16.4. The van der Waals surface area contributed by atoms with Crippen molar-refractivity contribution in [3.8, 4) is 0 Å². The fourth-order valence-electron chi connectivity index (χ4n) is 1.68. The molecule has 0 aliphatic carbocycles. The van der Waals surface area contributed by atoms with E-state index in [0.29, 0.717) is 13.1 Å². The zero-order valence-corrected chi connectivity index (χ0v) is 10.6. The van der Waals surface area contributed by atoms with Gasteiger partial charge in [0, 0.05) is 13.1 Å². The highest BCUT2D eigenvalue weighted by molar-refractivity contribution is 6.04. The summed E-state index contributed by atoms with van der Waals surface area (Å²) in [6.07, 6.45) is 0. The van der Waals surface area contributed by atoms with Crippen molar-refractivity contribution in [2.75, 3.05) is 13.1 Å². The maximum Gasteiger partial charge on any atom is 0.336 e. The van der Waals surface area contributed by atoms with Gasteiger partial charge in [-0.05, 0) is 26.0 Å². The monoisotopic (exact) mass is 247 g/mol. The first-order valence-electron chi connectivity index (χ1n) is 5.73. The van der Waals surface area contributed by atoms with Crippen molar-refractivity contribution in [1.29, 1.82) is 0 Å². The van der Waals surface area contributed by atoms with Crippen LogP contribution in [0.1, 0.15) is 34.6 Å². The summed E-state index contributed by atoms with van der Waals surface area (Å²) in [5.74, 6) is -1.37. The summed E-state index contributed by atoms with van der Waals surface area (Å²) >= 11 is 0. The quantitative estimate of drug-likeness (QED) is 0.813. The predicted molar refractivity (Wildman–Crippen MR) is 69.8 cm³/mol. The number of rotatable bonds is 5. The van der Waals surface area contributed by atoms with E-state index >= 15 is 0 Å². The van der Waals surface area contributed by atoms with Crippen LogP contribution in [0.5, 0.6) is 0 Å². The molecule has 0 fully saturated rings. The van der Waals surface area contributed by atoms with Gasteiger partial charge in [0.15, 0.2) is 0 Å². The lowest BCUT2D eigenvalue weighted by molar-refractivity contribution is 0.0679. The van der Waals surface area contributed by atoms with Crippen molar-refractivity contribution in [1.82, 2.24) is 4.90 Å². The predicted octanol–water partition coefficient (Wildman–Crippen LogP) is 2.42. The third kappa shape index (κ3) is 3.20. The molecule has 0 spiro atoms. The minimum absolute atomic E-state index is 0.0302. The smallest absolute Gasteiger partial charge is 0.336 e. The topological polar surface area (TPSA) is 57.6 Å². The van der Waals surface area contributed by atoms with Crippen LogP contribution in [-0.4, -0.2) is 35.0 Å². The number of carbonyl (C=O) groups excluding carboxylic acids is 1. The van der Waals surface area contributed by atoms with E-state index in [1.807, 2.05) is 13.8 Å². The number of amides is 1. The first kappa shape index (κ1) is 14.0. The van der Waals surface area contributed by atoms with Gasteiger partial charge in [0.2, 0.25) is 0 Å². The fourth-order valence-corrected chi connectivity index (χ4v) is 1.68. The number of hydrogen-bond donors (Lipinski definition) is 1. The van der Waals surface area contributed by atoms with Gasteiger partial charge in [0.05, 0.1) is 11.1 Å². The minimum Gasteiger partial charge on any atom is -0.478 e. The molecule has 1 aromatic rings. The number of hydrogen-bond acceptors (Lipinski definition) is 2. The molecule has 0 atom stereocenters. The number of carboxylic acid groups (broad SMARTS) is 1. The van der Waals surface area contributed by atoms with Crippen LogP contribution < -0.4 is 0 Å². The lowest BCUT2D eigenvalue weighted by Gasteiger charge is -2.21. The molecule has 0 saturated heterocycles. The first-order chi connectivity index (χ1) is 8.47. The summed E-state index contributed by atoms with van der Waals surface area (Å²) in [7, 11) is 0. The lowest BCUT2D eigenvalue weighted by Crippen LogP contribution is -2.33. The van der Waals surface area contributed by atoms with Crippen LogP contribution in [0.3, 0.4) is 0 Å². The highest BCUT2D eigenvalue weighted by Gasteiger charge is 2.20. The summed E-state index contributed by atoms with van der Waals surface area (Å²) in [6, 6.07) is 6.24. The second-order valence-corrected chi connectivity index (χ2v) is 4.13. The fraction of sp³-hybridized carbons (Fsp3) is 0.286. The van der Waals surface area contributed by atoms with E-state index in [4.69, 9.17) is 5.11 Å². The van der Waals surface area contributed by atoms with Gasteiger partial charge in [-0.2, -0.15) is 0 Å². The molecule has 1 N–H and O–H groups in total. The molecular weight excluding hydrogens is 230 g/mol. The van der Waals surface area contributed by atoms with Crippen LogP contribution in [-0.2, 0) is 0 Å². The Bertz CT molecular complexity index is 480. The van der Waals surface area contributed by atoms with Crippen LogP contribution >= 0.6 is 0 Å². The van der Waals surface area contributed by atoms with E-state index < -0.39 is 5.97 Å². The minimum atomic E-state index is -1.09. The Morgan fingerprint density at radius 3 is 2.28 bits per heavy atom. The zero-order chi connectivity index (χ0) is 13.7. The van der Waals surface area contributed by atoms with E-state index in [0.717, 1.165) is 5.57 Å². The van der Waals surface area contributed by atoms with Crippen molar-refractivity contribution in [3.63, 3.8) is 0 Å². The van der Waals surface area contributed by atoms with Crippen LogP contribution in [0.25, 0.3) is 0 Å². The summed E-state index contributed by atoms with van der Waals surface area (Å²) in [4.78, 5) is 24.9. The summed E-state index contributed by atoms with van der Waals surface area (Å²) in [5, 5.41) is 9.06. The molecule has 0 aliphatic rings. The molecule has 1 amide bonds. The Kier molecular flexibility index (Phi) is 4.66. The lowest BCUT2D eigenvalue weighted by atomic mass is 10.1. The van der Waals surface area contributed by atoms with Gasteiger partial charge in [-0.3, -0.25) is 4.79 Å². The third-order valence-corrected chi connectivity index (χ3v) is 2.52. The molecule has 0 unspecified atom stereocenters. The van der Waals surface area contributed by atoms with Crippen LogP contribution in [0.4, 0.5) is 0 Å². The van der Waals surface area contributed by atoms with E-state index in [9.17, 15) is 9.59 Å². The van der Waals surface area contributed by atoms with E-state index in [1.165, 1.54) is 12.1 Å². The Morgan fingerprint density at radius 2 is 1.83 bits per heavy atom. The number of likely N-dealkylation sites (N-methyl/N-ethyl adjacent to an activating group) is 1. The average molecular weight is 247 g/mol. The number of benzene rings is 1. The Balaban J connectivity index is 3.09. The largest absolute Gasteiger partial charge is 0.478 e. The van der Waals surface area contributed by atoms with Crippen LogP contribution in [0.15, 0.2) is 36.4 Å². The maximum atomic E-state index is 12.3. The average Bonchev–Trinajstić information content (AvgIpc) is 2.34. The molecule has 0 aliphatic heterocycles. The molecule has 4 nitrogen and oxygen atoms in total. The Morgan fingerprint density at radius 1 is 1.28 bits per heavy atom. The molecule has 1 aromatic carbocycles. The summed E-state index contributed by atoms with van der Waals surface area (Å²) in [6.45, 7) is 8.40. The SMILES string of the molecule is C=C(C)CN(CC)C(=O)c1ccccc1C(=O)O. The van der Waals surface area contributed by atoms with Crippen molar-refractivity contribution < 1.29 is 14.7 Å². The van der Waals surface area contributed by atoms with E-state index in [2.05, 4.69) is 6.58 Å². The number of nitrogens with zero attached hydrogens (tertiary/aromatic N) is 1. The Labute approximate surface area is 107 Å². The maximum absolute atomic E-state index is 12.3.